The number of amides is 1. The molecule has 0 radical (unpaired) electrons. The predicted molar refractivity (Wildman–Crippen MR) is 106 cm³/mol. The van der Waals surface area contributed by atoms with Gasteiger partial charge in [0, 0.05) is 10.9 Å². The molecule has 1 atom stereocenters. The number of nitrogens with zero attached hydrogens (tertiary/aromatic N) is 2. The van der Waals surface area contributed by atoms with Crippen LogP contribution in [0.4, 0.5) is 9.18 Å². The van der Waals surface area contributed by atoms with Gasteiger partial charge in [-0.3, -0.25) is 0 Å². The average molecular weight is 437 g/mol. The Labute approximate surface area is 172 Å². The highest BCUT2D eigenvalue weighted by Gasteiger charge is 2.21. The number of aromatic carboxylic acids is 1. The van der Waals surface area contributed by atoms with Gasteiger partial charge in [0.2, 0.25) is 0 Å². The standard InChI is InChI=1S/C18H16FN3O5S2/c1-7-14(29-15(20-7)8(2)21-18(26)27-3)12-6-28-16(22-12)9-5-13(23)10(17(24)25)4-11(9)19/h4-6,8,23H,1-3H3,(H,21,26)(H,24,25). The highest BCUT2D eigenvalue weighted by molar-refractivity contribution is 7.16. The van der Waals surface area contributed by atoms with Crippen molar-refractivity contribution in [2.24, 2.45) is 0 Å². The number of alkyl carbamates (subject to hydrolysis) is 1. The number of thiazole rings is 2. The molecule has 1 aromatic carbocycles. The lowest BCUT2D eigenvalue weighted by Gasteiger charge is -2.09. The van der Waals surface area contributed by atoms with E-state index in [-0.39, 0.29) is 11.6 Å². The van der Waals surface area contributed by atoms with Crippen LogP contribution in [0.3, 0.4) is 0 Å². The minimum absolute atomic E-state index is 0.00636. The van der Waals surface area contributed by atoms with E-state index in [0.29, 0.717) is 21.4 Å². The molecule has 1 unspecified atom stereocenters. The molecule has 3 N–H and O–H groups in total. The Balaban J connectivity index is 1.92. The summed E-state index contributed by atoms with van der Waals surface area (Å²) >= 11 is 2.49. The van der Waals surface area contributed by atoms with E-state index in [4.69, 9.17) is 5.11 Å². The SMILES string of the molecule is COC(=O)NC(C)c1nc(C)c(-c2csc(-c3cc(O)c(C(=O)O)cc3F)n2)s1. The van der Waals surface area contributed by atoms with E-state index in [0.717, 1.165) is 28.3 Å². The van der Waals surface area contributed by atoms with Crippen LogP contribution in [0, 0.1) is 12.7 Å². The van der Waals surface area contributed by atoms with Crippen LogP contribution in [0.5, 0.6) is 5.75 Å². The summed E-state index contributed by atoms with van der Waals surface area (Å²) in [4.78, 5) is 32.0. The summed E-state index contributed by atoms with van der Waals surface area (Å²) < 4.78 is 18.9. The van der Waals surface area contributed by atoms with E-state index < -0.39 is 29.2 Å². The topological polar surface area (TPSA) is 122 Å². The molecule has 152 valence electrons. The van der Waals surface area contributed by atoms with Gasteiger partial charge in [0.05, 0.1) is 29.4 Å². The van der Waals surface area contributed by atoms with E-state index in [1.54, 1.807) is 19.2 Å². The van der Waals surface area contributed by atoms with Gasteiger partial charge < -0.3 is 20.3 Å². The van der Waals surface area contributed by atoms with Gasteiger partial charge in [0.15, 0.2) is 0 Å². The van der Waals surface area contributed by atoms with E-state index >= 15 is 0 Å². The molecule has 0 bridgehead atoms. The fourth-order valence-electron chi connectivity index (χ4n) is 2.54. The van der Waals surface area contributed by atoms with Gasteiger partial charge in [-0.25, -0.2) is 23.9 Å². The van der Waals surface area contributed by atoms with Crippen LogP contribution < -0.4 is 5.32 Å². The predicted octanol–water partition coefficient (Wildman–Crippen LogP) is 4.20. The minimum atomic E-state index is -1.42. The number of carbonyl (C=O) groups is 2. The second-order valence-corrected chi connectivity index (χ2v) is 7.91. The first-order valence-corrected chi connectivity index (χ1v) is 9.94. The fourth-order valence-corrected chi connectivity index (χ4v) is 4.47. The van der Waals surface area contributed by atoms with Crippen molar-refractivity contribution >= 4 is 34.7 Å². The number of hydrogen-bond acceptors (Lipinski definition) is 8. The number of halogens is 1. The Morgan fingerprint density at radius 1 is 1.31 bits per heavy atom. The molecule has 3 rings (SSSR count). The number of rotatable bonds is 5. The molecule has 0 spiro atoms. The largest absolute Gasteiger partial charge is 0.507 e. The van der Waals surface area contributed by atoms with Crippen molar-refractivity contribution in [1.29, 1.82) is 0 Å². The van der Waals surface area contributed by atoms with Crippen LogP contribution in [0.1, 0.15) is 34.0 Å². The third kappa shape index (κ3) is 4.20. The lowest BCUT2D eigenvalue weighted by atomic mass is 10.1. The monoisotopic (exact) mass is 437 g/mol. The highest BCUT2D eigenvalue weighted by atomic mass is 32.1. The van der Waals surface area contributed by atoms with E-state index in [2.05, 4.69) is 20.0 Å². The molecular weight excluding hydrogens is 421 g/mol. The van der Waals surface area contributed by atoms with Crippen LogP contribution in [-0.2, 0) is 4.74 Å². The Bertz CT molecular complexity index is 1100. The summed E-state index contributed by atoms with van der Waals surface area (Å²) in [5, 5.41) is 24.1. The molecule has 8 nitrogen and oxygen atoms in total. The third-order valence-corrected chi connectivity index (χ3v) is 6.22. The molecule has 0 aliphatic carbocycles. The zero-order valence-electron chi connectivity index (χ0n) is 15.5. The number of aromatic nitrogens is 2. The molecule has 11 heteroatoms. The maximum Gasteiger partial charge on any atom is 0.407 e. The van der Waals surface area contributed by atoms with Crippen molar-refractivity contribution in [2.75, 3.05) is 7.11 Å². The zero-order valence-corrected chi connectivity index (χ0v) is 17.2. The summed E-state index contributed by atoms with van der Waals surface area (Å²) in [6.45, 7) is 3.57. The molecule has 29 heavy (non-hydrogen) atoms. The Morgan fingerprint density at radius 3 is 2.69 bits per heavy atom. The van der Waals surface area contributed by atoms with Crippen LogP contribution in [0.15, 0.2) is 17.5 Å². The number of carboxylic acid groups (broad SMARTS) is 1. The van der Waals surface area contributed by atoms with Crippen molar-refractivity contribution in [3.05, 3.63) is 39.6 Å². The fraction of sp³-hybridized carbons (Fsp3) is 0.222. The first-order valence-electron chi connectivity index (χ1n) is 8.25. The Kier molecular flexibility index (Phi) is 5.80. The maximum absolute atomic E-state index is 14.4. The molecule has 2 aromatic heterocycles. The van der Waals surface area contributed by atoms with Gasteiger partial charge in [-0.2, -0.15) is 0 Å². The number of carbonyl (C=O) groups excluding carboxylic acids is 1. The molecule has 0 saturated carbocycles. The number of carboxylic acids is 1. The van der Waals surface area contributed by atoms with E-state index in [9.17, 15) is 19.1 Å². The number of ether oxygens (including phenoxy) is 1. The van der Waals surface area contributed by atoms with Crippen LogP contribution >= 0.6 is 22.7 Å². The number of aryl methyl sites for hydroxylation is 1. The molecule has 0 aliphatic rings. The summed E-state index contributed by atoms with van der Waals surface area (Å²) in [6.07, 6.45) is -0.567. The second kappa shape index (κ2) is 8.13. The Morgan fingerprint density at radius 2 is 2.03 bits per heavy atom. The van der Waals surface area contributed by atoms with Crippen molar-refractivity contribution in [3.8, 4) is 26.9 Å². The maximum atomic E-state index is 14.4. The molecule has 2 heterocycles. The van der Waals surface area contributed by atoms with Crippen LogP contribution in [-0.4, -0.2) is 39.4 Å². The van der Waals surface area contributed by atoms with Crippen molar-refractivity contribution in [3.63, 3.8) is 0 Å². The van der Waals surface area contributed by atoms with Crippen molar-refractivity contribution < 1.29 is 28.9 Å². The average Bonchev–Trinajstić information content (AvgIpc) is 3.29. The molecule has 0 aliphatic heterocycles. The highest BCUT2D eigenvalue weighted by Crippen LogP contribution is 2.37. The third-order valence-electron chi connectivity index (χ3n) is 3.99. The normalized spacial score (nSPS) is 11.9. The number of benzene rings is 1. The smallest absolute Gasteiger partial charge is 0.407 e. The van der Waals surface area contributed by atoms with Gasteiger partial charge in [0.25, 0.3) is 0 Å². The van der Waals surface area contributed by atoms with Crippen LogP contribution in [0.2, 0.25) is 0 Å². The minimum Gasteiger partial charge on any atom is -0.507 e. The lowest BCUT2D eigenvalue weighted by molar-refractivity contribution is 0.0693. The Hall–Kier alpha value is -3.05. The quantitative estimate of drug-likeness (QED) is 0.547. The first-order chi connectivity index (χ1) is 13.7. The van der Waals surface area contributed by atoms with Gasteiger partial charge >= 0.3 is 12.1 Å². The van der Waals surface area contributed by atoms with E-state index in [1.807, 2.05) is 0 Å². The number of hydrogen-bond donors (Lipinski definition) is 3. The zero-order chi connectivity index (χ0) is 21.3. The summed E-state index contributed by atoms with van der Waals surface area (Å²) in [5.41, 5.74) is 0.757. The number of phenols is 1. The molecular formula is C18H16FN3O5S2. The van der Waals surface area contributed by atoms with E-state index in [1.165, 1.54) is 18.4 Å². The van der Waals surface area contributed by atoms with Crippen molar-refractivity contribution in [2.45, 2.75) is 19.9 Å². The van der Waals surface area contributed by atoms with Gasteiger partial charge in [-0.1, -0.05) is 0 Å². The summed E-state index contributed by atoms with van der Waals surface area (Å²) in [5.74, 6) is -2.75. The van der Waals surface area contributed by atoms with Gasteiger partial charge in [-0.05, 0) is 26.0 Å². The molecule has 3 aromatic rings. The summed E-state index contributed by atoms with van der Waals surface area (Å²) in [6, 6.07) is 1.45. The summed E-state index contributed by atoms with van der Waals surface area (Å²) in [7, 11) is 1.28. The van der Waals surface area contributed by atoms with Crippen molar-refractivity contribution in [1.82, 2.24) is 15.3 Å². The number of methoxy groups -OCH3 is 1. The molecule has 1 amide bonds. The second-order valence-electron chi connectivity index (χ2n) is 6.02. The number of nitrogens with one attached hydrogen (secondary N) is 1. The van der Waals surface area contributed by atoms with Crippen LogP contribution in [0.25, 0.3) is 21.1 Å². The lowest BCUT2D eigenvalue weighted by Crippen LogP contribution is -2.26. The molecule has 0 fully saturated rings. The van der Waals surface area contributed by atoms with Gasteiger partial charge in [0.1, 0.15) is 27.1 Å². The van der Waals surface area contributed by atoms with Gasteiger partial charge in [-0.15, -0.1) is 22.7 Å². The first kappa shape index (κ1) is 20.7. The number of aromatic hydroxyl groups is 1. The molecule has 0 saturated heterocycles.